The molecule has 2 amide bonds. The van der Waals surface area contributed by atoms with Crippen LogP contribution in [0, 0.1) is 5.92 Å². The van der Waals surface area contributed by atoms with E-state index in [1.54, 1.807) is 23.1 Å². The van der Waals surface area contributed by atoms with Gasteiger partial charge in [0, 0.05) is 25.6 Å². The molecular weight excluding hydrogens is 304 g/mol. The van der Waals surface area contributed by atoms with E-state index in [1.807, 2.05) is 22.1 Å². The molecule has 0 unspecified atom stereocenters. The van der Waals surface area contributed by atoms with Gasteiger partial charge in [-0.05, 0) is 42.2 Å². The van der Waals surface area contributed by atoms with Crippen LogP contribution in [0.4, 0.5) is 0 Å². The van der Waals surface area contributed by atoms with E-state index in [1.165, 1.54) is 5.56 Å². The molecule has 1 aromatic rings. The van der Waals surface area contributed by atoms with Crippen molar-refractivity contribution in [1.29, 1.82) is 0 Å². The maximum atomic E-state index is 12.2. The Morgan fingerprint density at radius 1 is 1.48 bits per heavy atom. The van der Waals surface area contributed by atoms with Gasteiger partial charge in [0.1, 0.15) is 5.37 Å². The molecule has 3 rings (SSSR count). The third-order valence-corrected chi connectivity index (χ3v) is 5.98. The van der Waals surface area contributed by atoms with Gasteiger partial charge in [0.15, 0.2) is 0 Å². The minimum absolute atomic E-state index is 0.124. The number of hydrogen-bond donors (Lipinski definition) is 0. The Morgan fingerprint density at radius 2 is 2.29 bits per heavy atom. The van der Waals surface area contributed by atoms with E-state index in [-0.39, 0.29) is 23.1 Å². The van der Waals surface area contributed by atoms with E-state index in [2.05, 4.69) is 11.4 Å². The van der Waals surface area contributed by atoms with Gasteiger partial charge >= 0.3 is 0 Å². The average molecular weight is 324 g/mol. The summed E-state index contributed by atoms with van der Waals surface area (Å²) in [5, 5.41) is 4.28. The predicted molar refractivity (Wildman–Crippen MR) is 86.2 cm³/mol. The maximum absolute atomic E-state index is 12.2. The lowest BCUT2D eigenvalue weighted by Gasteiger charge is -2.27. The van der Waals surface area contributed by atoms with E-state index in [4.69, 9.17) is 0 Å². The summed E-state index contributed by atoms with van der Waals surface area (Å²) in [6, 6.07) is 2.08. The van der Waals surface area contributed by atoms with Crippen LogP contribution in [0.25, 0.3) is 0 Å². The minimum Gasteiger partial charge on any atom is -0.341 e. The highest BCUT2D eigenvalue weighted by Crippen LogP contribution is 2.39. The molecule has 1 aliphatic carbocycles. The van der Waals surface area contributed by atoms with E-state index >= 15 is 0 Å². The highest BCUT2D eigenvalue weighted by Gasteiger charge is 2.35. The van der Waals surface area contributed by atoms with Crippen LogP contribution in [-0.4, -0.2) is 47.0 Å². The Hall–Kier alpha value is -1.01. The van der Waals surface area contributed by atoms with E-state index in [9.17, 15) is 9.59 Å². The molecule has 4 nitrogen and oxygen atoms in total. The summed E-state index contributed by atoms with van der Waals surface area (Å²) in [6.45, 7) is 4.03. The van der Waals surface area contributed by atoms with Crippen molar-refractivity contribution in [2.24, 2.45) is 5.92 Å². The van der Waals surface area contributed by atoms with Crippen LogP contribution >= 0.6 is 23.1 Å². The number of carbonyl (C=O) groups excluding carboxylic acids is 2. The van der Waals surface area contributed by atoms with Gasteiger partial charge in [-0.15, -0.1) is 11.8 Å². The van der Waals surface area contributed by atoms with Crippen molar-refractivity contribution in [3.8, 4) is 0 Å². The molecule has 1 saturated heterocycles. The summed E-state index contributed by atoms with van der Waals surface area (Å²) in [4.78, 5) is 28.1. The number of amides is 2. The fourth-order valence-corrected chi connectivity index (χ4v) is 4.60. The monoisotopic (exact) mass is 324 g/mol. The van der Waals surface area contributed by atoms with Crippen molar-refractivity contribution in [1.82, 2.24) is 9.80 Å². The molecule has 114 valence electrons. The quantitative estimate of drug-likeness (QED) is 0.807. The molecule has 0 aromatic carbocycles. The zero-order valence-corrected chi connectivity index (χ0v) is 13.8. The molecule has 2 aliphatic rings. The van der Waals surface area contributed by atoms with Crippen LogP contribution in [0.15, 0.2) is 16.8 Å². The van der Waals surface area contributed by atoms with Gasteiger partial charge in [0.05, 0.1) is 5.75 Å². The molecular formula is C15H20N2O2S2. The highest BCUT2D eigenvalue weighted by atomic mass is 32.2. The van der Waals surface area contributed by atoms with E-state index in [0.717, 1.165) is 19.4 Å². The van der Waals surface area contributed by atoms with Crippen LogP contribution in [0.3, 0.4) is 0 Å². The molecule has 1 aliphatic heterocycles. The summed E-state index contributed by atoms with van der Waals surface area (Å²) in [5.74, 6) is 1.25. The number of thiophene rings is 1. The molecule has 1 aromatic heterocycles. The lowest BCUT2D eigenvalue weighted by atomic mass is 10.3. The summed E-state index contributed by atoms with van der Waals surface area (Å²) in [7, 11) is 0. The van der Waals surface area contributed by atoms with Crippen molar-refractivity contribution in [3.63, 3.8) is 0 Å². The molecule has 0 bridgehead atoms. The second kappa shape index (κ2) is 6.40. The average Bonchev–Trinajstić information content (AvgIpc) is 3.08. The Morgan fingerprint density at radius 3 is 2.90 bits per heavy atom. The van der Waals surface area contributed by atoms with Crippen LogP contribution in [0.5, 0.6) is 0 Å². The molecule has 1 saturated carbocycles. The standard InChI is InChI=1S/C15H20N2O2S2/c1-2-16(14(19)11-3-4-11)6-7-17-13(18)10-21-15(17)12-5-8-20-9-12/h5,8-9,11,15H,2-4,6-7,10H2,1H3/t15-/m0/s1. The van der Waals surface area contributed by atoms with Gasteiger partial charge in [0.25, 0.3) is 0 Å². The molecule has 0 N–H and O–H groups in total. The Bertz CT molecular complexity index is 514. The number of hydrogen-bond acceptors (Lipinski definition) is 4. The largest absolute Gasteiger partial charge is 0.341 e. The summed E-state index contributed by atoms with van der Waals surface area (Å²) in [6.07, 6.45) is 2.07. The number of rotatable bonds is 6. The SMILES string of the molecule is CCN(CCN1C(=O)CS[C@H]1c1ccsc1)C(=O)C1CC1. The summed E-state index contributed by atoms with van der Waals surface area (Å²) in [5.41, 5.74) is 1.20. The second-order valence-electron chi connectivity index (χ2n) is 5.50. The first-order chi connectivity index (χ1) is 10.2. The first-order valence-corrected chi connectivity index (χ1v) is 9.41. The fourth-order valence-electron chi connectivity index (χ4n) is 2.63. The predicted octanol–water partition coefficient (Wildman–Crippen LogP) is 2.58. The molecule has 6 heteroatoms. The molecule has 0 radical (unpaired) electrons. The third kappa shape index (κ3) is 3.26. The Balaban J connectivity index is 1.61. The van der Waals surface area contributed by atoms with Gasteiger partial charge in [-0.25, -0.2) is 0 Å². The molecule has 21 heavy (non-hydrogen) atoms. The maximum Gasteiger partial charge on any atom is 0.233 e. The lowest BCUT2D eigenvalue weighted by molar-refractivity contribution is -0.134. The van der Waals surface area contributed by atoms with Crippen LogP contribution < -0.4 is 0 Å². The number of nitrogens with zero attached hydrogens (tertiary/aromatic N) is 2. The van der Waals surface area contributed by atoms with Crippen molar-refractivity contribution in [3.05, 3.63) is 22.4 Å². The van der Waals surface area contributed by atoms with Gasteiger partial charge < -0.3 is 9.80 Å². The topological polar surface area (TPSA) is 40.6 Å². The van der Waals surface area contributed by atoms with Crippen molar-refractivity contribution in [2.75, 3.05) is 25.4 Å². The summed E-state index contributed by atoms with van der Waals surface area (Å²) >= 11 is 3.34. The van der Waals surface area contributed by atoms with E-state index < -0.39 is 0 Å². The number of thioether (sulfide) groups is 1. The molecule has 2 fully saturated rings. The van der Waals surface area contributed by atoms with Crippen molar-refractivity contribution in [2.45, 2.75) is 25.1 Å². The zero-order chi connectivity index (χ0) is 14.8. The number of carbonyl (C=O) groups is 2. The minimum atomic E-state index is 0.124. The fraction of sp³-hybridized carbons (Fsp3) is 0.600. The van der Waals surface area contributed by atoms with Crippen LogP contribution in [-0.2, 0) is 9.59 Å². The van der Waals surface area contributed by atoms with Crippen molar-refractivity contribution < 1.29 is 9.59 Å². The molecule has 2 heterocycles. The number of likely N-dealkylation sites (N-methyl/N-ethyl adjacent to an activating group) is 1. The first kappa shape index (κ1) is 14.9. The Kier molecular flexibility index (Phi) is 4.54. The third-order valence-electron chi connectivity index (χ3n) is 4.03. The first-order valence-electron chi connectivity index (χ1n) is 7.42. The lowest BCUT2D eigenvalue weighted by Crippen LogP contribution is -2.40. The van der Waals surface area contributed by atoms with Crippen LogP contribution in [0.2, 0.25) is 0 Å². The molecule has 1 atom stereocenters. The van der Waals surface area contributed by atoms with Gasteiger partial charge in [-0.3, -0.25) is 9.59 Å². The summed E-state index contributed by atoms with van der Waals surface area (Å²) < 4.78 is 0. The van der Waals surface area contributed by atoms with Crippen molar-refractivity contribution >= 4 is 34.9 Å². The normalized spacial score (nSPS) is 21.9. The zero-order valence-electron chi connectivity index (χ0n) is 12.2. The van der Waals surface area contributed by atoms with Crippen LogP contribution in [0.1, 0.15) is 30.7 Å². The van der Waals surface area contributed by atoms with Gasteiger partial charge in [-0.2, -0.15) is 11.3 Å². The highest BCUT2D eigenvalue weighted by molar-refractivity contribution is 8.00. The Labute approximate surface area is 133 Å². The molecule has 0 spiro atoms. The van der Waals surface area contributed by atoms with Gasteiger partial charge in [0.2, 0.25) is 11.8 Å². The second-order valence-corrected chi connectivity index (χ2v) is 7.35. The van der Waals surface area contributed by atoms with E-state index in [0.29, 0.717) is 18.8 Å². The van der Waals surface area contributed by atoms with Gasteiger partial charge in [-0.1, -0.05) is 0 Å². The smallest absolute Gasteiger partial charge is 0.233 e.